The maximum absolute atomic E-state index is 12.8. The smallest absolute Gasteiger partial charge is 0.234 e. The number of nitrogens with one attached hydrogen (secondary N) is 1. The molecule has 10 heteroatoms. The lowest BCUT2D eigenvalue weighted by molar-refractivity contribution is -0.113. The molecule has 0 aliphatic carbocycles. The molecule has 1 aromatic heterocycles. The van der Waals surface area contributed by atoms with E-state index in [0.717, 1.165) is 11.1 Å². The Bertz CT molecular complexity index is 1240. The van der Waals surface area contributed by atoms with E-state index in [1.165, 1.54) is 11.8 Å². The third kappa shape index (κ3) is 5.79. The second-order valence-electron chi connectivity index (χ2n) is 7.12. The van der Waals surface area contributed by atoms with Crippen LogP contribution in [-0.2, 0) is 26.9 Å². The fraction of sp³-hybridized carbons (Fsp3) is 0.227. The second-order valence-corrected chi connectivity index (χ2v) is 10.5. The first-order valence-electron chi connectivity index (χ1n) is 9.71. The zero-order chi connectivity index (χ0) is 23.3. The first kappa shape index (κ1) is 24.0. The number of aryl methyl sites for hydroxylation is 1. The van der Waals surface area contributed by atoms with Crippen molar-refractivity contribution in [3.63, 3.8) is 0 Å². The first-order valence-corrected chi connectivity index (χ1v) is 12.7. The molecule has 1 amide bonds. The molecule has 0 aliphatic rings. The van der Waals surface area contributed by atoms with Gasteiger partial charge in [0.2, 0.25) is 5.91 Å². The van der Waals surface area contributed by atoms with Gasteiger partial charge in [0, 0.05) is 17.3 Å². The van der Waals surface area contributed by atoms with E-state index in [1.54, 1.807) is 53.1 Å². The van der Waals surface area contributed by atoms with Gasteiger partial charge in [-0.3, -0.25) is 4.79 Å². The van der Waals surface area contributed by atoms with E-state index < -0.39 is 9.84 Å². The summed E-state index contributed by atoms with van der Waals surface area (Å²) in [5.74, 6) is -0.168. The average Bonchev–Trinajstić information content (AvgIpc) is 3.11. The number of nitrogens with zero attached hydrogens (tertiary/aromatic N) is 3. The molecule has 0 aliphatic heterocycles. The van der Waals surface area contributed by atoms with Gasteiger partial charge in [0.05, 0.1) is 10.6 Å². The summed E-state index contributed by atoms with van der Waals surface area (Å²) in [6, 6.07) is 12.0. The molecule has 0 fully saturated rings. The maximum atomic E-state index is 12.8. The van der Waals surface area contributed by atoms with Crippen LogP contribution < -0.4 is 5.32 Å². The third-order valence-electron chi connectivity index (χ3n) is 4.68. The van der Waals surface area contributed by atoms with Crippen molar-refractivity contribution >= 4 is 44.8 Å². The maximum Gasteiger partial charge on any atom is 0.234 e. The summed E-state index contributed by atoms with van der Waals surface area (Å²) in [6.07, 6.45) is 1.63. The van der Waals surface area contributed by atoms with Crippen LogP contribution in [0.3, 0.4) is 0 Å². The predicted molar refractivity (Wildman–Crippen MR) is 128 cm³/mol. The molecule has 0 atom stereocenters. The second kappa shape index (κ2) is 10.3. The number of carbonyl (C=O) groups is 1. The fourth-order valence-corrected chi connectivity index (χ4v) is 5.12. The molecular weight excluding hydrogens is 468 g/mol. The van der Waals surface area contributed by atoms with E-state index in [-0.39, 0.29) is 22.3 Å². The number of hydrogen-bond acceptors (Lipinski definition) is 6. The first-order chi connectivity index (χ1) is 15.2. The highest BCUT2D eigenvalue weighted by molar-refractivity contribution is 7.99. The number of anilines is 1. The van der Waals surface area contributed by atoms with Crippen molar-refractivity contribution in [1.82, 2.24) is 14.8 Å². The average molecular weight is 491 g/mol. The summed E-state index contributed by atoms with van der Waals surface area (Å²) in [5.41, 5.74) is 2.40. The van der Waals surface area contributed by atoms with Crippen molar-refractivity contribution in [2.45, 2.75) is 36.2 Å². The van der Waals surface area contributed by atoms with Gasteiger partial charge in [-0.25, -0.2) is 8.42 Å². The highest BCUT2D eigenvalue weighted by Gasteiger charge is 2.22. The number of halogens is 1. The molecule has 1 N–H and O–H groups in total. The van der Waals surface area contributed by atoms with Gasteiger partial charge in [0.15, 0.2) is 15.0 Å². The number of benzene rings is 2. The Hall–Kier alpha value is -2.62. The van der Waals surface area contributed by atoms with Crippen LogP contribution >= 0.6 is 23.4 Å². The van der Waals surface area contributed by atoms with Crippen molar-refractivity contribution < 1.29 is 13.2 Å². The summed E-state index contributed by atoms with van der Waals surface area (Å²) in [4.78, 5) is 12.6. The highest BCUT2D eigenvalue weighted by Crippen LogP contribution is 2.24. The number of allylic oxidation sites excluding steroid dienone is 1. The monoisotopic (exact) mass is 490 g/mol. The molecule has 2 aromatic carbocycles. The molecule has 0 spiro atoms. The van der Waals surface area contributed by atoms with Crippen LogP contribution in [0.5, 0.6) is 0 Å². The van der Waals surface area contributed by atoms with Crippen LogP contribution in [0.1, 0.15) is 17.0 Å². The third-order valence-corrected chi connectivity index (χ3v) is 7.68. The Morgan fingerprint density at radius 3 is 2.59 bits per heavy atom. The van der Waals surface area contributed by atoms with Gasteiger partial charge in [-0.15, -0.1) is 16.8 Å². The van der Waals surface area contributed by atoms with Gasteiger partial charge in [0.1, 0.15) is 11.6 Å². The largest absolute Gasteiger partial charge is 0.325 e. The van der Waals surface area contributed by atoms with Crippen LogP contribution in [0.2, 0.25) is 5.02 Å². The van der Waals surface area contributed by atoms with Crippen molar-refractivity contribution in [3.8, 4) is 0 Å². The van der Waals surface area contributed by atoms with Gasteiger partial charge in [-0.1, -0.05) is 53.2 Å². The molecular formula is C22H23ClN4O3S2. The van der Waals surface area contributed by atoms with Crippen LogP contribution in [0.15, 0.2) is 65.2 Å². The lowest BCUT2D eigenvalue weighted by Crippen LogP contribution is -2.16. The van der Waals surface area contributed by atoms with Gasteiger partial charge >= 0.3 is 0 Å². The highest BCUT2D eigenvalue weighted by atomic mass is 35.5. The van der Waals surface area contributed by atoms with Gasteiger partial charge in [0.25, 0.3) is 0 Å². The summed E-state index contributed by atoms with van der Waals surface area (Å²) in [5, 5.41) is 12.0. The zero-order valence-corrected chi connectivity index (χ0v) is 20.1. The van der Waals surface area contributed by atoms with Gasteiger partial charge in [-0.2, -0.15) is 0 Å². The number of aromatic nitrogens is 3. The predicted octanol–water partition coefficient (Wildman–Crippen LogP) is 4.44. The Labute approximate surface area is 196 Å². The minimum absolute atomic E-state index is 0.0753. The summed E-state index contributed by atoms with van der Waals surface area (Å²) in [7, 11) is -3.60. The van der Waals surface area contributed by atoms with Crippen molar-refractivity contribution in [2.24, 2.45) is 0 Å². The molecule has 0 bridgehead atoms. The van der Waals surface area contributed by atoms with E-state index in [1.807, 2.05) is 13.8 Å². The number of thioether (sulfide) groups is 1. The van der Waals surface area contributed by atoms with Gasteiger partial charge < -0.3 is 9.88 Å². The van der Waals surface area contributed by atoms with E-state index in [4.69, 9.17) is 11.6 Å². The SMILES string of the molecule is C=CCn1c(CS(=O)(=O)c2ccc(C)cc2)nnc1SCC(=O)Nc1cccc(Cl)c1C. The standard InChI is InChI=1S/C22H23ClN4O3S2/c1-4-12-27-20(14-32(29,30)17-10-8-15(2)9-11-17)25-26-22(27)31-13-21(28)24-19-7-5-6-18(23)16(19)3/h4-11H,1,12-14H2,2-3H3,(H,24,28). The zero-order valence-electron chi connectivity index (χ0n) is 17.7. The van der Waals surface area contributed by atoms with Gasteiger partial charge in [-0.05, 0) is 43.7 Å². The van der Waals surface area contributed by atoms with E-state index >= 15 is 0 Å². The Kier molecular flexibility index (Phi) is 7.76. The van der Waals surface area contributed by atoms with Crippen LogP contribution in [0, 0.1) is 13.8 Å². The minimum Gasteiger partial charge on any atom is -0.325 e. The lowest BCUT2D eigenvalue weighted by Gasteiger charge is -2.10. The summed E-state index contributed by atoms with van der Waals surface area (Å²) >= 11 is 7.27. The minimum atomic E-state index is -3.60. The molecule has 0 saturated heterocycles. The van der Waals surface area contributed by atoms with Crippen molar-refractivity contribution in [2.75, 3.05) is 11.1 Å². The number of hydrogen-bond donors (Lipinski definition) is 1. The van der Waals surface area contributed by atoms with Crippen molar-refractivity contribution in [1.29, 1.82) is 0 Å². The summed E-state index contributed by atoms with van der Waals surface area (Å²) in [6.45, 7) is 7.77. The number of rotatable bonds is 9. The lowest BCUT2D eigenvalue weighted by atomic mass is 10.2. The molecule has 0 saturated carbocycles. The molecule has 1 heterocycles. The topological polar surface area (TPSA) is 93.9 Å². The van der Waals surface area contributed by atoms with Crippen LogP contribution in [-0.4, -0.2) is 34.8 Å². The molecule has 0 unspecified atom stereocenters. The molecule has 3 rings (SSSR count). The molecule has 168 valence electrons. The number of sulfone groups is 1. The van der Waals surface area contributed by atoms with E-state index in [0.29, 0.717) is 28.2 Å². The fourth-order valence-electron chi connectivity index (χ4n) is 2.90. The number of carbonyl (C=O) groups excluding carboxylic acids is 1. The number of amides is 1. The van der Waals surface area contributed by atoms with E-state index in [9.17, 15) is 13.2 Å². The quantitative estimate of drug-likeness (QED) is 0.352. The summed E-state index contributed by atoms with van der Waals surface area (Å²) < 4.78 is 27.3. The van der Waals surface area contributed by atoms with Crippen molar-refractivity contribution in [3.05, 3.63) is 77.1 Å². The van der Waals surface area contributed by atoms with E-state index in [2.05, 4.69) is 22.1 Å². The molecule has 0 radical (unpaired) electrons. The van der Waals surface area contributed by atoms with Crippen LogP contribution in [0.25, 0.3) is 0 Å². The normalized spacial score (nSPS) is 11.3. The van der Waals surface area contributed by atoms with Crippen LogP contribution in [0.4, 0.5) is 5.69 Å². The molecule has 32 heavy (non-hydrogen) atoms. The molecule has 3 aromatic rings. The Morgan fingerprint density at radius 2 is 1.91 bits per heavy atom. The Balaban J connectivity index is 1.73. The Morgan fingerprint density at radius 1 is 1.19 bits per heavy atom. The molecule has 7 nitrogen and oxygen atoms in total.